The molecule has 0 aliphatic rings. The zero-order valence-corrected chi connectivity index (χ0v) is 11.0. The number of hydrogen-bond donors (Lipinski definition) is 0. The molecule has 5 nitrogen and oxygen atoms in total. The van der Waals surface area contributed by atoms with Gasteiger partial charge in [0, 0.05) is 17.3 Å². The normalized spacial score (nSPS) is 10.8. The highest BCUT2D eigenvalue weighted by atomic mass is 35.5. The Morgan fingerprint density at radius 1 is 1.21 bits per heavy atom. The van der Waals surface area contributed by atoms with Gasteiger partial charge in [-0.3, -0.25) is 4.68 Å². The van der Waals surface area contributed by atoms with Gasteiger partial charge in [-0.1, -0.05) is 29.8 Å². The molecule has 0 unspecified atom stereocenters. The number of fused-ring (bicyclic) bond motifs is 1. The molecule has 19 heavy (non-hydrogen) atoms. The van der Waals surface area contributed by atoms with Crippen molar-refractivity contribution in [3.05, 3.63) is 41.8 Å². The summed E-state index contributed by atoms with van der Waals surface area (Å²) in [4.78, 5) is 0. The Bertz CT molecular complexity index is 725. The lowest BCUT2D eigenvalue weighted by molar-refractivity contribution is 0.461. The SMILES string of the molecule is CCn1cc(Oc2nnc(Cl)c3ccccc23)cn1. The third-order valence-corrected chi connectivity index (χ3v) is 3.04. The van der Waals surface area contributed by atoms with Crippen molar-refractivity contribution >= 4 is 22.4 Å². The molecule has 6 heteroatoms. The maximum atomic E-state index is 6.01. The minimum atomic E-state index is 0.368. The Labute approximate surface area is 114 Å². The minimum Gasteiger partial charge on any atom is -0.434 e. The summed E-state index contributed by atoms with van der Waals surface area (Å²) in [5.74, 6) is 1.05. The van der Waals surface area contributed by atoms with Crippen LogP contribution in [0.3, 0.4) is 0 Å². The summed E-state index contributed by atoms with van der Waals surface area (Å²) in [5.41, 5.74) is 0. The molecule has 0 aliphatic heterocycles. The number of ether oxygens (including phenoxy) is 1. The maximum Gasteiger partial charge on any atom is 0.247 e. The molecule has 3 aromatic rings. The number of hydrogen-bond acceptors (Lipinski definition) is 4. The molecule has 2 heterocycles. The Morgan fingerprint density at radius 2 is 2.00 bits per heavy atom. The molecule has 0 saturated heterocycles. The van der Waals surface area contributed by atoms with E-state index >= 15 is 0 Å². The van der Waals surface area contributed by atoms with Gasteiger partial charge >= 0.3 is 0 Å². The highest BCUT2D eigenvalue weighted by Gasteiger charge is 2.10. The molecule has 0 bridgehead atoms. The first-order valence-electron chi connectivity index (χ1n) is 5.89. The summed E-state index contributed by atoms with van der Waals surface area (Å²) < 4.78 is 7.49. The Hall–Kier alpha value is -2.14. The Balaban J connectivity index is 2.03. The first-order chi connectivity index (χ1) is 9.28. The fraction of sp³-hybridized carbons (Fsp3) is 0.154. The minimum absolute atomic E-state index is 0.368. The van der Waals surface area contributed by atoms with Gasteiger partial charge in [0.2, 0.25) is 5.88 Å². The summed E-state index contributed by atoms with van der Waals surface area (Å²) in [7, 11) is 0. The van der Waals surface area contributed by atoms with Crippen molar-refractivity contribution in [2.45, 2.75) is 13.5 Å². The van der Waals surface area contributed by atoms with Crippen LogP contribution in [0.5, 0.6) is 11.6 Å². The van der Waals surface area contributed by atoms with Crippen LogP contribution in [0.1, 0.15) is 6.92 Å². The van der Waals surface area contributed by atoms with E-state index in [9.17, 15) is 0 Å². The predicted molar refractivity (Wildman–Crippen MR) is 72.5 cm³/mol. The van der Waals surface area contributed by atoms with E-state index in [2.05, 4.69) is 15.3 Å². The summed E-state index contributed by atoms with van der Waals surface area (Å²) in [6.07, 6.45) is 3.46. The van der Waals surface area contributed by atoms with E-state index in [4.69, 9.17) is 16.3 Å². The average Bonchev–Trinajstić information content (AvgIpc) is 2.90. The highest BCUT2D eigenvalue weighted by Crippen LogP contribution is 2.29. The molecule has 3 rings (SSSR count). The van der Waals surface area contributed by atoms with Crippen molar-refractivity contribution in [2.24, 2.45) is 0 Å². The van der Waals surface area contributed by atoms with E-state index < -0.39 is 0 Å². The summed E-state index contributed by atoms with van der Waals surface area (Å²) >= 11 is 6.01. The second-order valence-electron chi connectivity index (χ2n) is 3.98. The topological polar surface area (TPSA) is 52.8 Å². The smallest absolute Gasteiger partial charge is 0.247 e. The lowest BCUT2D eigenvalue weighted by Gasteiger charge is -2.05. The fourth-order valence-electron chi connectivity index (χ4n) is 1.80. The zero-order valence-electron chi connectivity index (χ0n) is 10.2. The first kappa shape index (κ1) is 11.9. The molecular formula is C13H11ClN4O. The number of aromatic nitrogens is 4. The monoisotopic (exact) mass is 274 g/mol. The van der Waals surface area contributed by atoms with Crippen LogP contribution in [0.15, 0.2) is 36.7 Å². The fourth-order valence-corrected chi connectivity index (χ4v) is 2.01. The average molecular weight is 275 g/mol. The van der Waals surface area contributed by atoms with Gasteiger partial charge < -0.3 is 4.74 Å². The first-order valence-corrected chi connectivity index (χ1v) is 6.27. The standard InChI is InChI=1S/C13H11ClN4O/c1-2-18-8-9(7-15-18)19-13-11-6-4-3-5-10(11)12(14)16-17-13/h3-8H,2H2,1H3. The highest BCUT2D eigenvalue weighted by molar-refractivity contribution is 6.34. The molecule has 0 spiro atoms. The van der Waals surface area contributed by atoms with Crippen LogP contribution in [0.2, 0.25) is 5.15 Å². The van der Waals surface area contributed by atoms with Gasteiger partial charge in [0.1, 0.15) is 0 Å². The predicted octanol–water partition coefficient (Wildman–Crippen LogP) is 3.29. The molecule has 0 amide bonds. The number of rotatable bonds is 3. The second kappa shape index (κ2) is 4.85. The van der Waals surface area contributed by atoms with Crippen molar-refractivity contribution in [3.63, 3.8) is 0 Å². The van der Waals surface area contributed by atoms with Crippen molar-refractivity contribution in [3.8, 4) is 11.6 Å². The quantitative estimate of drug-likeness (QED) is 0.735. The van der Waals surface area contributed by atoms with Crippen molar-refractivity contribution in [1.82, 2.24) is 20.0 Å². The molecule has 0 N–H and O–H groups in total. The molecule has 2 aromatic heterocycles. The van der Waals surface area contributed by atoms with Crippen molar-refractivity contribution in [2.75, 3.05) is 0 Å². The van der Waals surface area contributed by atoms with Gasteiger partial charge in [-0.15, -0.1) is 10.2 Å². The van der Waals surface area contributed by atoms with Crippen LogP contribution in [-0.2, 0) is 6.54 Å². The molecular weight excluding hydrogens is 264 g/mol. The molecule has 0 radical (unpaired) electrons. The Morgan fingerprint density at radius 3 is 2.74 bits per heavy atom. The van der Waals surface area contributed by atoms with E-state index in [1.54, 1.807) is 10.9 Å². The third-order valence-electron chi connectivity index (χ3n) is 2.76. The van der Waals surface area contributed by atoms with Crippen LogP contribution in [0.25, 0.3) is 10.8 Å². The largest absolute Gasteiger partial charge is 0.434 e. The molecule has 0 fully saturated rings. The summed E-state index contributed by atoms with van der Waals surface area (Å²) in [6.45, 7) is 2.80. The van der Waals surface area contributed by atoms with Crippen LogP contribution in [-0.4, -0.2) is 20.0 Å². The molecule has 0 aliphatic carbocycles. The molecule has 0 saturated carbocycles. The number of benzene rings is 1. The third kappa shape index (κ3) is 2.24. The number of halogens is 1. The second-order valence-corrected chi connectivity index (χ2v) is 4.33. The lowest BCUT2D eigenvalue weighted by Crippen LogP contribution is -1.93. The van der Waals surface area contributed by atoms with E-state index in [0.717, 1.165) is 17.3 Å². The van der Waals surface area contributed by atoms with Gasteiger partial charge in [0.25, 0.3) is 0 Å². The van der Waals surface area contributed by atoms with Crippen molar-refractivity contribution < 1.29 is 4.74 Å². The van der Waals surface area contributed by atoms with E-state index in [1.165, 1.54) is 0 Å². The van der Waals surface area contributed by atoms with Gasteiger partial charge in [-0.25, -0.2) is 0 Å². The zero-order chi connectivity index (χ0) is 13.2. The maximum absolute atomic E-state index is 6.01. The lowest BCUT2D eigenvalue weighted by atomic mass is 10.2. The number of aryl methyl sites for hydroxylation is 1. The molecule has 0 atom stereocenters. The van der Waals surface area contributed by atoms with Crippen LogP contribution >= 0.6 is 11.6 Å². The van der Waals surface area contributed by atoms with E-state index in [1.807, 2.05) is 37.4 Å². The summed E-state index contributed by atoms with van der Waals surface area (Å²) in [5, 5.41) is 14.0. The number of nitrogens with zero attached hydrogens (tertiary/aromatic N) is 4. The molecule has 1 aromatic carbocycles. The van der Waals surface area contributed by atoms with Crippen LogP contribution in [0, 0.1) is 0 Å². The van der Waals surface area contributed by atoms with E-state index in [-0.39, 0.29) is 0 Å². The van der Waals surface area contributed by atoms with Gasteiger partial charge in [0.05, 0.1) is 12.4 Å². The van der Waals surface area contributed by atoms with Gasteiger partial charge in [-0.05, 0) is 13.0 Å². The van der Waals surface area contributed by atoms with E-state index in [0.29, 0.717) is 16.8 Å². The van der Waals surface area contributed by atoms with Gasteiger partial charge in [0.15, 0.2) is 10.9 Å². The molecule has 96 valence electrons. The van der Waals surface area contributed by atoms with Gasteiger partial charge in [-0.2, -0.15) is 5.10 Å². The Kier molecular flexibility index (Phi) is 3.05. The van der Waals surface area contributed by atoms with Crippen LogP contribution < -0.4 is 4.74 Å². The summed E-state index contributed by atoms with van der Waals surface area (Å²) in [6, 6.07) is 7.58. The van der Waals surface area contributed by atoms with Crippen molar-refractivity contribution in [1.29, 1.82) is 0 Å². The van der Waals surface area contributed by atoms with Crippen LogP contribution in [0.4, 0.5) is 0 Å².